The van der Waals surface area contributed by atoms with Gasteiger partial charge in [0.25, 0.3) is 5.91 Å². The maximum absolute atomic E-state index is 13.1. The van der Waals surface area contributed by atoms with Gasteiger partial charge in [-0.15, -0.1) is 0 Å². The molecule has 3 aliphatic carbocycles. The molecule has 0 radical (unpaired) electrons. The maximum atomic E-state index is 13.1. The van der Waals surface area contributed by atoms with Gasteiger partial charge in [0, 0.05) is 25.0 Å². The van der Waals surface area contributed by atoms with Crippen LogP contribution in [0.1, 0.15) is 90.4 Å². The first-order valence-corrected chi connectivity index (χ1v) is 11.5. The Hall–Kier alpha value is -1.59. The van der Waals surface area contributed by atoms with Gasteiger partial charge in [0.2, 0.25) is 5.91 Å². The zero-order valence-corrected chi connectivity index (χ0v) is 17.3. The summed E-state index contributed by atoms with van der Waals surface area (Å²) in [5.74, 6) is 0.837. The number of nitrogens with one attached hydrogen (secondary N) is 1. The highest BCUT2D eigenvalue weighted by atomic mass is 16.2. The Morgan fingerprint density at radius 2 is 1.64 bits per heavy atom. The van der Waals surface area contributed by atoms with Crippen molar-refractivity contribution in [1.82, 2.24) is 15.1 Å². The van der Waals surface area contributed by atoms with Crippen LogP contribution in [0.4, 0.5) is 4.79 Å². The summed E-state index contributed by atoms with van der Waals surface area (Å²) in [4.78, 5) is 41.8. The van der Waals surface area contributed by atoms with E-state index in [4.69, 9.17) is 0 Å². The molecule has 6 nitrogen and oxygen atoms in total. The van der Waals surface area contributed by atoms with Crippen LogP contribution < -0.4 is 5.32 Å². The molecule has 1 heterocycles. The quantitative estimate of drug-likeness (QED) is 0.706. The van der Waals surface area contributed by atoms with Crippen molar-refractivity contribution in [1.29, 1.82) is 0 Å². The molecule has 156 valence electrons. The molecule has 0 aromatic rings. The molecular formula is C22H35N3O3. The Balaban J connectivity index is 1.35. The molecule has 0 unspecified atom stereocenters. The topological polar surface area (TPSA) is 69.7 Å². The molecule has 1 aliphatic heterocycles. The highest BCUT2D eigenvalue weighted by Crippen LogP contribution is 2.37. The predicted molar refractivity (Wildman–Crippen MR) is 107 cm³/mol. The number of urea groups is 1. The van der Waals surface area contributed by atoms with Crippen molar-refractivity contribution in [3.8, 4) is 0 Å². The van der Waals surface area contributed by atoms with Gasteiger partial charge in [0.05, 0.1) is 0 Å². The van der Waals surface area contributed by atoms with Crippen LogP contribution in [0.3, 0.4) is 0 Å². The molecule has 4 fully saturated rings. The second-order valence-corrected chi connectivity index (χ2v) is 9.39. The Bertz CT molecular complexity index is 617. The van der Waals surface area contributed by atoms with Crippen LogP contribution in [-0.2, 0) is 9.59 Å². The summed E-state index contributed by atoms with van der Waals surface area (Å²) < 4.78 is 0. The summed E-state index contributed by atoms with van der Waals surface area (Å²) in [6, 6.07) is 0.445. The molecule has 0 aromatic carbocycles. The molecule has 0 bridgehead atoms. The summed E-state index contributed by atoms with van der Waals surface area (Å²) in [7, 11) is 0. The molecule has 1 saturated heterocycles. The minimum absolute atomic E-state index is 0.105. The third kappa shape index (κ3) is 3.79. The van der Waals surface area contributed by atoms with Crippen molar-refractivity contribution in [2.24, 2.45) is 5.92 Å². The van der Waals surface area contributed by atoms with Gasteiger partial charge in [0.1, 0.15) is 5.54 Å². The first kappa shape index (κ1) is 19.7. The fourth-order valence-corrected chi connectivity index (χ4v) is 5.60. The van der Waals surface area contributed by atoms with Gasteiger partial charge in [-0.3, -0.25) is 14.5 Å². The van der Waals surface area contributed by atoms with Gasteiger partial charge < -0.3 is 10.2 Å². The van der Waals surface area contributed by atoms with Crippen LogP contribution in [0.2, 0.25) is 0 Å². The highest BCUT2D eigenvalue weighted by molar-refractivity contribution is 6.07. The normalized spacial score (nSPS) is 29.8. The molecule has 28 heavy (non-hydrogen) atoms. The fraction of sp³-hybridized carbons (Fsp3) is 0.864. The molecule has 1 N–H and O–H groups in total. The lowest BCUT2D eigenvalue weighted by atomic mass is 9.82. The summed E-state index contributed by atoms with van der Waals surface area (Å²) in [6.45, 7) is 2.48. The van der Waals surface area contributed by atoms with Crippen LogP contribution in [0, 0.1) is 5.92 Å². The van der Waals surface area contributed by atoms with E-state index in [2.05, 4.69) is 17.1 Å². The van der Waals surface area contributed by atoms with E-state index in [9.17, 15) is 14.4 Å². The maximum Gasteiger partial charge on any atom is 0.325 e. The van der Waals surface area contributed by atoms with Crippen LogP contribution in [0.15, 0.2) is 0 Å². The zero-order chi connectivity index (χ0) is 19.7. The van der Waals surface area contributed by atoms with Crippen LogP contribution in [0.5, 0.6) is 0 Å². The number of nitrogens with zero attached hydrogens (tertiary/aromatic N) is 2. The van der Waals surface area contributed by atoms with Crippen molar-refractivity contribution >= 4 is 17.8 Å². The highest BCUT2D eigenvalue weighted by Gasteiger charge is 2.51. The molecule has 0 aromatic heterocycles. The van der Waals surface area contributed by atoms with Crippen molar-refractivity contribution in [2.45, 2.75) is 108 Å². The third-order valence-corrected chi connectivity index (χ3v) is 7.52. The van der Waals surface area contributed by atoms with Crippen molar-refractivity contribution in [2.75, 3.05) is 6.54 Å². The van der Waals surface area contributed by atoms with E-state index >= 15 is 0 Å². The lowest BCUT2D eigenvalue weighted by Gasteiger charge is -2.37. The first-order chi connectivity index (χ1) is 13.5. The minimum Gasteiger partial charge on any atom is -0.337 e. The van der Waals surface area contributed by atoms with E-state index in [-0.39, 0.29) is 30.8 Å². The second kappa shape index (κ2) is 8.03. The summed E-state index contributed by atoms with van der Waals surface area (Å²) in [5.41, 5.74) is -0.687. The van der Waals surface area contributed by atoms with Gasteiger partial charge in [-0.2, -0.15) is 0 Å². The van der Waals surface area contributed by atoms with Gasteiger partial charge in [-0.25, -0.2) is 4.79 Å². The first-order valence-electron chi connectivity index (χ1n) is 11.5. The monoisotopic (exact) mass is 389 g/mol. The molecule has 4 amide bonds. The number of imide groups is 1. The number of carbonyl (C=O) groups excluding carboxylic acids is 3. The van der Waals surface area contributed by atoms with Crippen molar-refractivity contribution in [3.63, 3.8) is 0 Å². The largest absolute Gasteiger partial charge is 0.337 e. The number of amides is 4. The third-order valence-electron chi connectivity index (χ3n) is 7.52. The molecule has 4 aliphatic rings. The standard InChI is InChI=1S/C22H35N3O3/c1-2-16-6-8-17(9-7-16)25(18-10-11-18)19(26)12-15-24-20(27)22(23-21(24)28)13-4-3-5-14-22/h16-18H,2-15H2,1H3,(H,23,28). The van der Waals surface area contributed by atoms with E-state index in [0.717, 1.165) is 63.7 Å². The van der Waals surface area contributed by atoms with Gasteiger partial charge in [-0.05, 0) is 57.3 Å². The molecule has 1 spiro atoms. The van der Waals surface area contributed by atoms with E-state index in [1.165, 1.54) is 24.2 Å². The molecule has 4 rings (SSSR count). The lowest BCUT2D eigenvalue weighted by Crippen LogP contribution is -2.48. The summed E-state index contributed by atoms with van der Waals surface area (Å²) >= 11 is 0. The van der Waals surface area contributed by atoms with E-state index in [0.29, 0.717) is 12.1 Å². The fourth-order valence-electron chi connectivity index (χ4n) is 5.60. The Kier molecular flexibility index (Phi) is 5.66. The van der Waals surface area contributed by atoms with Crippen LogP contribution >= 0.6 is 0 Å². The smallest absolute Gasteiger partial charge is 0.325 e. The average Bonchev–Trinajstić information content (AvgIpc) is 3.51. The van der Waals surface area contributed by atoms with E-state index in [1.54, 1.807) is 0 Å². The Morgan fingerprint density at radius 3 is 2.21 bits per heavy atom. The molecular weight excluding hydrogens is 354 g/mol. The summed E-state index contributed by atoms with van der Waals surface area (Å²) in [6.07, 6.45) is 12.9. The van der Waals surface area contributed by atoms with E-state index < -0.39 is 5.54 Å². The number of hydrogen-bond donors (Lipinski definition) is 1. The van der Waals surface area contributed by atoms with Crippen molar-refractivity contribution < 1.29 is 14.4 Å². The lowest BCUT2D eigenvalue weighted by molar-refractivity contribution is -0.136. The number of carbonyl (C=O) groups is 3. The SMILES string of the molecule is CCC1CCC(N(C(=O)CCN2C(=O)NC3(CCCCC3)C2=O)C2CC2)CC1. The van der Waals surface area contributed by atoms with Crippen molar-refractivity contribution in [3.05, 3.63) is 0 Å². The molecule has 6 heteroatoms. The molecule has 0 atom stereocenters. The number of rotatable bonds is 6. The van der Waals surface area contributed by atoms with Gasteiger partial charge >= 0.3 is 6.03 Å². The summed E-state index contributed by atoms with van der Waals surface area (Å²) in [5, 5.41) is 2.94. The Labute approximate surface area is 168 Å². The number of hydrogen-bond acceptors (Lipinski definition) is 3. The van der Waals surface area contributed by atoms with E-state index in [1.807, 2.05) is 0 Å². The molecule has 3 saturated carbocycles. The van der Waals surface area contributed by atoms with Gasteiger partial charge in [0.15, 0.2) is 0 Å². The van der Waals surface area contributed by atoms with Crippen LogP contribution in [-0.4, -0.2) is 51.8 Å². The van der Waals surface area contributed by atoms with Crippen LogP contribution in [0.25, 0.3) is 0 Å². The van der Waals surface area contributed by atoms with Gasteiger partial charge in [-0.1, -0.05) is 32.6 Å². The average molecular weight is 390 g/mol. The second-order valence-electron chi connectivity index (χ2n) is 9.39. The Morgan fingerprint density at radius 1 is 1.04 bits per heavy atom. The predicted octanol–water partition coefficient (Wildman–Crippen LogP) is 3.59. The minimum atomic E-state index is -0.687. The zero-order valence-electron chi connectivity index (χ0n) is 17.3.